The van der Waals surface area contributed by atoms with Crippen LogP contribution in [0, 0.1) is 36.2 Å². The second-order valence-electron chi connectivity index (χ2n) is 28.8. The maximum absolute atomic E-state index is 15.5. The van der Waals surface area contributed by atoms with Crippen molar-refractivity contribution >= 4 is 53.0 Å². The van der Waals surface area contributed by atoms with E-state index in [0.29, 0.717) is 55.4 Å². The van der Waals surface area contributed by atoms with E-state index >= 15 is 14.4 Å². The van der Waals surface area contributed by atoms with Crippen molar-refractivity contribution in [2.75, 3.05) is 78.0 Å². The molecule has 0 radical (unpaired) electrons. The van der Waals surface area contributed by atoms with E-state index in [9.17, 15) is 83.5 Å². The average molecular weight is 2120 g/mol. The molecule has 9 aromatic carbocycles. The van der Waals surface area contributed by atoms with Gasteiger partial charge in [0, 0.05) is 156 Å². The number of halogens is 12. The SMILES string of the molecule is [2H]c1c([2H])c(C([2H])([2H])Sc2nc(=O)c3c(n2C([2H])([2H])C(=O)N(Cc2c([2H])c([2H])c(-c4c([2H])c([2H])c(C(F)(F)F)c(C)c4[2H])c([2H])c2[2H])C([2H])([2H])C([2H])([2H])N(C([2H])([2H])C)C([2H])([2H])C)CCC3)c([2H])c([2H])c1F.[2H]c1c([2H])c(C([2H])([2H])Sc2nc(=O)c3c(n2C([2H])([2H])C(=O)N(Cc2c([2H])c([2H])c(-c4c([2H])c([2H])c(C(F)(F)F)c([2H])c4[2H])c([2H])c2[2H])C([2H])([2H])C([2H])([2H])N(C([2H])([2H])C)C([2H])([2H])C)C([2H])([2H])C([2H])(C)C3([2H])[2H])c([2H])c([2H])c1F.[2H]c1c([2H])c(C([2H])([2H])Sc2nc(=O)c3c(n2C([2H])([2H])C(=O)N(Cc2ccc(-c4ccc(C(F)(F)F)cc4)cc2)C([2H])([2H])C([2H])([2H])N(C([2H])([2H])C)C([2H])([2H])C)C([2H])([2H])C([2H])(C)C3([2H])[2H])c([2H])c([2H])c1F. The molecular formula is C111H120F12N12O6S3. The van der Waals surface area contributed by atoms with E-state index in [4.69, 9.17) is 83.6 Å². The van der Waals surface area contributed by atoms with Crippen LogP contribution in [0.15, 0.2) is 242 Å². The number of fused-ring (bicyclic) bond motifs is 3. The lowest BCUT2D eigenvalue weighted by molar-refractivity contribution is -0.138. The molecule has 3 aliphatic rings. The summed E-state index contributed by atoms with van der Waals surface area (Å²) < 4.78 is 799. The highest BCUT2D eigenvalue weighted by molar-refractivity contribution is 7.98. The van der Waals surface area contributed by atoms with Crippen LogP contribution in [0.2, 0.25) is 0 Å². The molecule has 0 bridgehead atoms. The van der Waals surface area contributed by atoms with Crippen molar-refractivity contribution < 1.29 is 167 Å². The number of rotatable bonds is 39. The Balaban J connectivity index is 0.000000259. The molecule has 0 spiro atoms. The van der Waals surface area contributed by atoms with E-state index in [1.807, 2.05) is 0 Å². The van der Waals surface area contributed by atoms with Crippen LogP contribution in [0.5, 0.6) is 0 Å². The van der Waals surface area contributed by atoms with E-state index in [1.54, 1.807) is 0 Å². The highest BCUT2D eigenvalue weighted by Gasteiger charge is 2.36. The molecule has 15 rings (SSSR count). The summed E-state index contributed by atoms with van der Waals surface area (Å²) in [4.78, 5) is 95.5. The summed E-state index contributed by atoms with van der Waals surface area (Å²) in [6.45, 7) is -57.7. The summed E-state index contributed by atoms with van der Waals surface area (Å²) in [6, 6.07) is -29.8. The number of carbonyl (C=O) groups is 3. The fraction of sp³-hybridized carbons (Fsp3) is 0.378. The lowest BCUT2D eigenvalue weighted by Gasteiger charge is -2.28. The number of thioether (sulfide) groups is 3. The molecule has 0 saturated carbocycles. The monoisotopic (exact) mass is 2110 g/mol. The zero-order chi connectivity index (χ0) is 168. The van der Waals surface area contributed by atoms with Crippen LogP contribution < -0.4 is 16.7 Å². The summed E-state index contributed by atoms with van der Waals surface area (Å²) in [7, 11) is 0. The first kappa shape index (κ1) is 48.2. The number of aromatic nitrogens is 6. The molecule has 0 aliphatic heterocycles. The fourth-order valence-corrected chi connectivity index (χ4v) is 14.3. The van der Waals surface area contributed by atoms with Crippen LogP contribution in [-0.4, -0.2) is 154 Å². The van der Waals surface area contributed by atoms with Crippen LogP contribution in [-0.2, 0) is 127 Å². The molecule has 0 fully saturated rings. The molecule has 33 heteroatoms. The van der Waals surface area contributed by atoms with Gasteiger partial charge in [0.1, 0.15) is 36.9 Å². The van der Waals surface area contributed by atoms with Crippen molar-refractivity contribution in [1.82, 2.24) is 58.1 Å². The predicted molar refractivity (Wildman–Crippen MR) is 544 cm³/mol. The third-order valence-corrected chi connectivity index (χ3v) is 21.4. The zero-order valence-corrected chi connectivity index (χ0v) is 77.9. The largest absolute Gasteiger partial charge is 0.416 e. The Morgan fingerprint density at radius 1 is 0.382 bits per heavy atom. The maximum atomic E-state index is 15.5. The molecule has 144 heavy (non-hydrogen) atoms. The first-order chi connectivity index (χ1) is 97.0. The zero-order valence-electron chi connectivity index (χ0n) is 148. The van der Waals surface area contributed by atoms with E-state index in [1.165, 1.54) is 12.1 Å². The van der Waals surface area contributed by atoms with Gasteiger partial charge in [0.25, 0.3) is 16.7 Å². The summed E-state index contributed by atoms with van der Waals surface area (Å²) in [5.41, 5.74) is -38.5. The Kier molecular flexibility index (Phi) is 16.8. The Labute approximate surface area is 947 Å². The van der Waals surface area contributed by atoms with Gasteiger partial charge in [0.15, 0.2) is 15.5 Å². The molecule has 2 unspecified atom stereocenters. The number of alkyl halides is 9. The van der Waals surface area contributed by atoms with E-state index in [2.05, 4.69) is 15.0 Å². The second-order valence-corrected chi connectivity index (χ2v) is 31.1. The van der Waals surface area contributed by atoms with Crippen LogP contribution in [0.1, 0.15) is 251 Å². The lowest BCUT2D eigenvalue weighted by atomic mass is 9.98. The van der Waals surface area contributed by atoms with Crippen molar-refractivity contribution in [3.05, 3.63) is 350 Å². The number of amides is 3. The smallest absolute Gasteiger partial charge is 0.336 e. The summed E-state index contributed by atoms with van der Waals surface area (Å²) in [6.07, 6.45) is -30.3. The molecule has 3 heterocycles. The summed E-state index contributed by atoms with van der Waals surface area (Å²) >= 11 is -1.44. The first-order valence-electron chi connectivity index (χ1n) is 77.5. The predicted octanol–water partition coefficient (Wildman–Crippen LogP) is 22.5. The van der Waals surface area contributed by atoms with Crippen molar-refractivity contribution in [3.63, 3.8) is 0 Å². The number of hydrogen-bond acceptors (Lipinski definition) is 15. The van der Waals surface area contributed by atoms with Crippen molar-refractivity contribution in [2.45, 2.75) is 197 Å². The third-order valence-electron chi connectivity index (χ3n) is 19.1. The Morgan fingerprint density at radius 3 is 1.06 bits per heavy atom. The number of carbonyl (C=O) groups excluding carboxylic acids is 3. The van der Waals surface area contributed by atoms with Crippen LogP contribution in [0.25, 0.3) is 33.4 Å². The van der Waals surface area contributed by atoms with Gasteiger partial charge in [0.05, 0.1) is 70.1 Å². The number of hydrogen-bond donors (Lipinski definition) is 0. The van der Waals surface area contributed by atoms with Crippen LogP contribution >= 0.6 is 35.3 Å². The Hall–Kier alpha value is -11.9. The molecule has 3 amide bonds. The fourth-order valence-electron chi connectivity index (χ4n) is 12.3. The number of likely N-dealkylation sites (N-methyl/N-ethyl adjacent to an activating group) is 3. The molecule has 762 valence electrons. The van der Waals surface area contributed by atoms with Gasteiger partial charge in [-0.05, 0) is 241 Å². The van der Waals surface area contributed by atoms with Crippen LogP contribution in [0.3, 0.4) is 0 Å². The van der Waals surface area contributed by atoms with Gasteiger partial charge < -0.3 is 43.1 Å². The second kappa shape index (κ2) is 50.3. The van der Waals surface area contributed by atoms with Gasteiger partial charge >= 0.3 is 18.5 Å². The quantitative estimate of drug-likeness (QED) is 0.0202. The van der Waals surface area contributed by atoms with Crippen molar-refractivity contribution in [1.29, 1.82) is 0 Å². The van der Waals surface area contributed by atoms with Gasteiger partial charge in [-0.15, -0.1) is 0 Å². The van der Waals surface area contributed by atoms with Crippen molar-refractivity contribution in [3.8, 4) is 33.4 Å². The minimum Gasteiger partial charge on any atom is -0.336 e. The van der Waals surface area contributed by atoms with E-state index < -0.39 is 564 Å². The molecule has 0 N–H and O–H groups in total. The van der Waals surface area contributed by atoms with Crippen LogP contribution in [0.4, 0.5) is 52.7 Å². The molecular weight excluding hydrogens is 1920 g/mol. The molecule has 18 nitrogen and oxygen atoms in total. The van der Waals surface area contributed by atoms with E-state index in [0.717, 1.165) is 43.3 Å². The molecule has 2 atom stereocenters. The van der Waals surface area contributed by atoms with Gasteiger partial charge in [-0.25, -0.2) is 13.2 Å². The average Bonchev–Trinajstić information content (AvgIpc) is 1.51. The summed E-state index contributed by atoms with van der Waals surface area (Å²) in [5.74, 6) is -18.9. The first-order valence-corrected chi connectivity index (χ1v) is 43.5. The Morgan fingerprint density at radius 2 is 0.701 bits per heavy atom. The third kappa shape index (κ3) is 29.5. The van der Waals surface area contributed by atoms with E-state index in [-0.39, 0.29) is 77.1 Å². The minimum absolute atomic E-state index is 0.0441. The highest BCUT2D eigenvalue weighted by Crippen LogP contribution is 2.39. The standard InChI is InChI=1S/3C37H40F4N4O2S/c2*1-4-43(5-2)18-19-44(22-26-6-10-28(11-7-26)29-12-14-30(15-13-29)37(39,40)41)34(46)23-45-33-21-25(3)20-32(33)35(47)42-36(45)48-24-27-8-16-31(38)17-9-27;1-4-43(5-2)19-20-44(22-26-9-13-28(14-10-26)29-15-18-32(25(3)21-29)37(39,40)41)34(46)23-45-33-8-6-7-31(33)35(47)42-36(45)48-24-27-11-16-30(38)17-12-27/h2*6-17,25H,4-5,18-24H2,1-3H3;9-18,21H,4-8,19-20,22-24H2,1-3H3/i4D2,5D2,6D,7D,8D,9D,10D,11D,12D,13D,14D,15D,16D,17D,18D2,19D2,20D2,21D2,23D2,24D2,25D;4D2,5D2,8D,9D,16D,17D,18D2,19D2,20D2,21D2,23D2,24D2,25D;4D2,5D2,9D,10D,11D,12D,13D,14D,15D,16D,17D,18D,19D2,20D2,21D,23D2,24D2. The highest BCUT2D eigenvalue weighted by atomic mass is 32.2. The topological polar surface area (TPSA) is 175 Å². The molecule has 0 saturated heterocycles. The summed E-state index contributed by atoms with van der Waals surface area (Å²) in [5, 5.41) is -4.23. The Bertz CT molecular complexity index is 10500. The molecule has 3 aromatic heterocycles. The van der Waals surface area contributed by atoms with Gasteiger partial charge in [-0.1, -0.05) is 236 Å². The van der Waals surface area contributed by atoms with Gasteiger partial charge in [-0.2, -0.15) is 54.5 Å². The maximum Gasteiger partial charge on any atom is 0.416 e. The molecule has 3 aliphatic carbocycles. The number of benzene rings is 9. The minimum atomic E-state index is -5.52. The normalized spacial score (nSPS) is 25.4. The number of nitrogens with zero attached hydrogens (tertiary/aromatic N) is 12. The van der Waals surface area contributed by atoms with Crippen molar-refractivity contribution in [2.24, 2.45) is 11.8 Å². The molecule has 12 aromatic rings. The van der Waals surface area contributed by atoms with Gasteiger partial charge in [-0.3, -0.25) is 28.8 Å². The van der Waals surface area contributed by atoms with Gasteiger partial charge in [0.2, 0.25) is 17.7 Å². The lowest BCUT2D eigenvalue weighted by Crippen LogP contribution is -2.40.